The Morgan fingerprint density at radius 3 is 2.19 bits per heavy atom. The molecule has 0 aromatic rings. The molecule has 21 heavy (non-hydrogen) atoms. The zero-order valence-corrected chi connectivity index (χ0v) is 15.4. The van der Waals surface area contributed by atoms with E-state index in [4.69, 9.17) is 0 Å². The number of allylic oxidation sites excluding steroid dienone is 1. The minimum absolute atomic E-state index is 0.611. The van der Waals surface area contributed by atoms with Crippen molar-refractivity contribution in [3.63, 3.8) is 0 Å². The second-order valence-corrected chi connectivity index (χ2v) is 7.17. The van der Waals surface area contributed by atoms with Gasteiger partial charge in [0.05, 0.1) is 0 Å². The summed E-state index contributed by atoms with van der Waals surface area (Å²) in [6.45, 7) is 9.12. The third kappa shape index (κ3) is 5.69. The molecular weight excluding hydrogens is 276 g/mol. The molecule has 3 heteroatoms. The van der Waals surface area contributed by atoms with Gasteiger partial charge in [-0.1, -0.05) is 63.9 Å². The average Bonchev–Trinajstić information content (AvgIpc) is 2.53. The first-order valence-corrected chi connectivity index (χ1v) is 9.65. The highest BCUT2D eigenvalue weighted by Crippen LogP contribution is 2.38. The summed E-state index contributed by atoms with van der Waals surface area (Å²) in [6, 6.07) is 0.611. The molecule has 2 unspecified atom stereocenters. The van der Waals surface area contributed by atoms with Crippen LogP contribution in [0.2, 0.25) is 0 Å². The van der Waals surface area contributed by atoms with E-state index in [1.807, 2.05) is 18.8 Å². The summed E-state index contributed by atoms with van der Waals surface area (Å²) < 4.78 is 0. The zero-order chi connectivity index (χ0) is 15.7. The molecule has 1 aliphatic rings. The second-order valence-electron chi connectivity index (χ2n) is 6.16. The van der Waals surface area contributed by atoms with Crippen molar-refractivity contribution in [1.29, 1.82) is 0 Å². The van der Waals surface area contributed by atoms with Gasteiger partial charge in [-0.25, -0.2) is 0 Å². The van der Waals surface area contributed by atoms with E-state index < -0.39 is 0 Å². The molecule has 1 N–H and O–H groups in total. The molecule has 0 amide bonds. The Morgan fingerprint density at radius 2 is 1.76 bits per heavy atom. The van der Waals surface area contributed by atoms with Crippen LogP contribution in [-0.4, -0.2) is 24.0 Å². The van der Waals surface area contributed by atoms with E-state index in [1.54, 1.807) is 0 Å². The normalized spacial score (nSPS) is 30.8. The maximum absolute atomic E-state index is 4.47. The number of aliphatic imine (C=N–C) groups is 1. The molecule has 0 saturated heterocycles. The van der Waals surface area contributed by atoms with E-state index in [2.05, 4.69) is 50.2 Å². The molecule has 1 saturated carbocycles. The van der Waals surface area contributed by atoms with Crippen molar-refractivity contribution in [3.05, 3.63) is 12.2 Å². The largest absolute Gasteiger partial charge is 0.362 e. The molecule has 0 heterocycles. The van der Waals surface area contributed by atoms with Gasteiger partial charge < -0.3 is 5.32 Å². The first kappa shape index (κ1) is 18.6. The van der Waals surface area contributed by atoms with Crippen molar-refractivity contribution < 1.29 is 0 Å². The summed E-state index contributed by atoms with van der Waals surface area (Å²) in [5.41, 5.74) is 0. The minimum atomic E-state index is 0.611. The Balaban J connectivity index is 2.71. The van der Waals surface area contributed by atoms with E-state index >= 15 is 0 Å². The summed E-state index contributed by atoms with van der Waals surface area (Å²) in [5.74, 6) is 3.53. The molecule has 0 bridgehead atoms. The third-order valence-corrected chi connectivity index (χ3v) is 5.89. The van der Waals surface area contributed by atoms with Gasteiger partial charge in [-0.15, -0.1) is 0 Å². The maximum atomic E-state index is 4.47. The second kappa shape index (κ2) is 10.3. The Kier molecular flexibility index (Phi) is 9.14. The summed E-state index contributed by atoms with van der Waals surface area (Å²) in [6.07, 6.45) is 11.0. The monoisotopic (exact) mass is 310 g/mol. The number of nitrogens with one attached hydrogen (secondary N) is 1. The van der Waals surface area contributed by atoms with Crippen LogP contribution in [0.3, 0.4) is 0 Å². The number of amidine groups is 1. The van der Waals surface area contributed by atoms with Crippen molar-refractivity contribution in [3.8, 4) is 0 Å². The highest BCUT2D eigenvalue weighted by atomic mass is 32.2. The predicted octanol–water partition coefficient (Wildman–Crippen LogP) is 5.11. The summed E-state index contributed by atoms with van der Waals surface area (Å²) >= 11 is 1.82. The van der Waals surface area contributed by atoms with Crippen LogP contribution < -0.4 is 5.32 Å². The van der Waals surface area contributed by atoms with E-state index in [9.17, 15) is 0 Å². The molecule has 0 spiro atoms. The molecule has 0 radical (unpaired) electrons. The Bertz CT molecular complexity index is 324. The van der Waals surface area contributed by atoms with E-state index in [-0.39, 0.29) is 0 Å². The predicted molar refractivity (Wildman–Crippen MR) is 98.1 cm³/mol. The van der Waals surface area contributed by atoms with Gasteiger partial charge in [0.15, 0.2) is 5.17 Å². The Morgan fingerprint density at radius 1 is 1.14 bits per heavy atom. The van der Waals surface area contributed by atoms with Crippen LogP contribution >= 0.6 is 11.8 Å². The zero-order valence-electron chi connectivity index (χ0n) is 14.6. The van der Waals surface area contributed by atoms with Crippen LogP contribution in [-0.2, 0) is 0 Å². The lowest BCUT2D eigenvalue weighted by molar-refractivity contribution is 0.138. The average molecular weight is 311 g/mol. The Labute approximate surface area is 136 Å². The quantitative estimate of drug-likeness (QED) is 0.419. The number of thioether (sulfide) groups is 1. The highest BCUT2D eigenvalue weighted by Gasteiger charge is 2.35. The van der Waals surface area contributed by atoms with Gasteiger partial charge in [0, 0.05) is 18.8 Å². The minimum Gasteiger partial charge on any atom is -0.362 e. The summed E-state index contributed by atoms with van der Waals surface area (Å²) in [5, 5.41) is 4.91. The SMILES string of the molecule is CC=CCSC(=NC)NC1C(CC)CC(CC)CC1CC. The van der Waals surface area contributed by atoms with Crippen LogP contribution in [0.5, 0.6) is 0 Å². The van der Waals surface area contributed by atoms with Gasteiger partial charge in [0.1, 0.15) is 0 Å². The van der Waals surface area contributed by atoms with Gasteiger partial charge in [0.25, 0.3) is 0 Å². The fraction of sp³-hybridized carbons (Fsp3) is 0.833. The van der Waals surface area contributed by atoms with E-state index in [0.29, 0.717) is 6.04 Å². The third-order valence-electron chi connectivity index (χ3n) is 4.96. The smallest absolute Gasteiger partial charge is 0.156 e. The van der Waals surface area contributed by atoms with Gasteiger partial charge >= 0.3 is 0 Å². The molecular formula is C18H34N2S. The molecule has 0 aromatic carbocycles. The summed E-state index contributed by atoms with van der Waals surface area (Å²) in [4.78, 5) is 4.47. The molecule has 122 valence electrons. The van der Waals surface area contributed by atoms with Crippen molar-refractivity contribution in [2.24, 2.45) is 22.7 Å². The first-order valence-electron chi connectivity index (χ1n) is 8.67. The molecule has 1 fully saturated rings. The van der Waals surface area contributed by atoms with Crippen molar-refractivity contribution in [2.45, 2.75) is 65.8 Å². The number of nitrogens with zero attached hydrogens (tertiary/aromatic N) is 1. The molecule has 1 rings (SSSR count). The lowest BCUT2D eigenvalue weighted by atomic mass is 9.69. The van der Waals surface area contributed by atoms with Gasteiger partial charge in [-0.2, -0.15) is 0 Å². The van der Waals surface area contributed by atoms with Crippen LogP contribution in [0.15, 0.2) is 17.1 Å². The number of hydrogen-bond donors (Lipinski definition) is 1. The van der Waals surface area contributed by atoms with Crippen molar-refractivity contribution >= 4 is 16.9 Å². The topological polar surface area (TPSA) is 24.4 Å². The van der Waals surface area contributed by atoms with Crippen LogP contribution in [0.1, 0.15) is 59.8 Å². The van der Waals surface area contributed by atoms with Gasteiger partial charge in [-0.05, 0) is 37.5 Å². The lowest BCUT2D eigenvalue weighted by Crippen LogP contribution is -2.48. The first-order chi connectivity index (χ1) is 10.2. The Hall–Kier alpha value is -0.440. The van der Waals surface area contributed by atoms with Crippen molar-refractivity contribution in [2.75, 3.05) is 12.8 Å². The molecule has 2 nitrogen and oxygen atoms in total. The van der Waals surface area contributed by atoms with E-state index in [0.717, 1.165) is 28.7 Å². The standard InChI is InChI=1S/C18H34N2S/c1-6-10-11-21-18(19-5)20-17-15(8-3)12-14(7-2)13-16(17)9-4/h6,10,14-17H,7-9,11-13H2,1-5H3,(H,19,20). The number of rotatable bonds is 6. The molecule has 2 atom stereocenters. The van der Waals surface area contributed by atoms with Crippen LogP contribution in [0, 0.1) is 17.8 Å². The van der Waals surface area contributed by atoms with Crippen LogP contribution in [0.4, 0.5) is 0 Å². The molecule has 0 aromatic heterocycles. The fourth-order valence-electron chi connectivity index (χ4n) is 3.58. The highest BCUT2D eigenvalue weighted by molar-refractivity contribution is 8.13. The molecule has 1 aliphatic carbocycles. The fourth-order valence-corrected chi connectivity index (χ4v) is 4.37. The van der Waals surface area contributed by atoms with Crippen LogP contribution in [0.25, 0.3) is 0 Å². The summed E-state index contributed by atoms with van der Waals surface area (Å²) in [7, 11) is 1.91. The van der Waals surface area contributed by atoms with Crippen molar-refractivity contribution in [1.82, 2.24) is 5.32 Å². The maximum Gasteiger partial charge on any atom is 0.156 e. The van der Waals surface area contributed by atoms with E-state index in [1.165, 1.54) is 32.1 Å². The number of hydrogen-bond acceptors (Lipinski definition) is 2. The lowest BCUT2D eigenvalue weighted by Gasteiger charge is -2.42. The van der Waals surface area contributed by atoms with Gasteiger partial charge in [-0.3, -0.25) is 4.99 Å². The molecule has 0 aliphatic heterocycles. The van der Waals surface area contributed by atoms with Gasteiger partial charge in [0.2, 0.25) is 0 Å².